The van der Waals surface area contributed by atoms with Crippen molar-refractivity contribution in [1.29, 1.82) is 0 Å². The highest BCUT2D eigenvalue weighted by Crippen LogP contribution is 2.24. The molecule has 7 heteroatoms. The molecule has 0 aliphatic rings. The molecule has 0 saturated carbocycles. The molecule has 7 nitrogen and oxygen atoms in total. The lowest BCUT2D eigenvalue weighted by molar-refractivity contribution is -0.383. The molecular weight excluding hydrogens is 334 g/mol. The van der Waals surface area contributed by atoms with Crippen LogP contribution in [0.3, 0.4) is 0 Å². The summed E-state index contributed by atoms with van der Waals surface area (Å²) >= 11 is 0. The molecule has 2 aromatic carbocycles. The van der Waals surface area contributed by atoms with E-state index in [2.05, 4.69) is 9.97 Å². The third-order valence-corrected chi connectivity index (χ3v) is 3.79. The van der Waals surface area contributed by atoms with Crippen molar-refractivity contribution in [2.24, 2.45) is 0 Å². The number of rotatable bonds is 6. The molecular formula is C19H17N3O4. The number of ether oxygens (including phenoxy) is 1. The second kappa shape index (κ2) is 7.60. The first-order chi connectivity index (χ1) is 12.6. The molecule has 0 aliphatic heterocycles. The predicted molar refractivity (Wildman–Crippen MR) is 97.7 cm³/mol. The number of nitrogens with zero attached hydrogens (tertiary/aromatic N) is 2. The van der Waals surface area contributed by atoms with Crippen LogP contribution in [0.25, 0.3) is 17.1 Å². The Hall–Kier alpha value is -3.48. The molecule has 0 bridgehead atoms. The van der Waals surface area contributed by atoms with Crippen LogP contribution in [-0.2, 0) is 16.0 Å². The zero-order valence-corrected chi connectivity index (χ0v) is 14.1. The number of non-ortho nitro benzene ring substituents is 1. The van der Waals surface area contributed by atoms with Crippen LogP contribution >= 0.6 is 0 Å². The molecule has 0 spiro atoms. The molecule has 0 unspecified atom stereocenters. The number of carbonyl (C=O) groups is 1. The lowest BCUT2D eigenvalue weighted by atomic mass is 10.1. The summed E-state index contributed by atoms with van der Waals surface area (Å²) in [4.78, 5) is 29.4. The van der Waals surface area contributed by atoms with Gasteiger partial charge in [-0.2, -0.15) is 0 Å². The number of esters is 1. The minimum absolute atomic E-state index is 0.00977. The Bertz CT molecular complexity index is 974. The minimum atomic E-state index is -0.433. The quantitative estimate of drug-likeness (QED) is 0.316. The molecule has 0 radical (unpaired) electrons. The summed E-state index contributed by atoms with van der Waals surface area (Å²) in [7, 11) is 0. The third kappa shape index (κ3) is 3.94. The Labute approximate surface area is 149 Å². The van der Waals surface area contributed by atoms with E-state index in [4.69, 9.17) is 4.74 Å². The fraction of sp³-hybridized carbons (Fsp3) is 0.158. The molecule has 26 heavy (non-hydrogen) atoms. The van der Waals surface area contributed by atoms with Gasteiger partial charge in [0.1, 0.15) is 5.82 Å². The Morgan fingerprint density at radius 2 is 2.04 bits per heavy atom. The number of aromatic nitrogens is 2. The molecule has 1 aromatic heterocycles. The van der Waals surface area contributed by atoms with Gasteiger partial charge in [-0.25, -0.2) is 9.78 Å². The monoisotopic (exact) mass is 351 g/mol. The molecule has 1 heterocycles. The van der Waals surface area contributed by atoms with Crippen LogP contribution in [0.15, 0.2) is 48.5 Å². The molecule has 0 amide bonds. The lowest BCUT2D eigenvalue weighted by Crippen LogP contribution is -1.98. The number of benzene rings is 2. The zero-order chi connectivity index (χ0) is 18.5. The number of aromatic amines is 1. The molecule has 132 valence electrons. The molecule has 3 aromatic rings. The lowest BCUT2D eigenvalue weighted by Gasteiger charge is -2.00. The maximum absolute atomic E-state index is 11.3. The number of nitro groups is 1. The standard InChI is InChI=1S/C19H17N3O4/c1-2-26-18(23)11-10-13-6-8-14(9-7-13)12-17-20-15-4-3-5-16(22(24)25)19(15)21-17/h3-11H,2,12H2,1H3,(H,20,21)/b11-10+. The number of nitro benzene ring substituents is 1. The number of nitrogens with one attached hydrogen (secondary N) is 1. The van der Waals surface area contributed by atoms with Gasteiger partial charge in [-0.1, -0.05) is 30.3 Å². The van der Waals surface area contributed by atoms with Crippen LogP contribution in [0.5, 0.6) is 0 Å². The summed E-state index contributed by atoms with van der Waals surface area (Å²) in [5.74, 6) is 0.282. The summed E-state index contributed by atoms with van der Waals surface area (Å²) in [6, 6.07) is 12.5. The Balaban J connectivity index is 1.75. The summed E-state index contributed by atoms with van der Waals surface area (Å²) in [6.07, 6.45) is 3.59. The minimum Gasteiger partial charge on any atom is -0.463 e. The molecule has 0 atom stereocenters. The number of hydrogen-bond donors (Lipinski definition) is 1. The summed E-state index contributed by atoms with van der Waals surface area (Å²) in [5, 5.41) is 11.1. The smallest absolute Gasteiger partial charge is 0.330 e. The van der Waals surface area contributed by atoms with Crippen molar-refractivity contribution in [2.75, 3.05) is 6.61 Å². The first-order valence-electron chi connectivity index (χ1n) is 8.12. The first kappa shape index (κ1) is 17.3. The maximum atomic E-state index is 11.3. The van der Waals surface area contributed by atoms with E-state index in [1.54, 1.807) is 25.1 Å². The van der Waals surface area contributed by atoms with Gasteiger partial charge in [0.2, 0.25) is 0 Å². The highest BCUT2D eigenvalue weighted by molar-refractivity contribution is 5.87. The van der Waals surface area contributed by atoms with Crippen molar-refractivity contribution in [3.05, 3.63) is 75.6 Å². The summed E-state index contributed by atoms with van der Waals surface area (Å²) in [6.45, 7) is 2.10. The number of imidazole rings is 1. The average molecular weight is 351 g/mol. The Kier molecular flexibility index (Phi) is 5.07. The fourth-order valence-electron chi connectivity index (χ4n) is 2.59. The van der Waals surface area contributed by atoms with Crippen LogP contribution in [0.4, 0.5) is 5.69 Å². The number of H-pyrrole nitrogens is 1. The SMILES string of the molecule is CCOC(=O)/C=C/c1ccc(Cc2nc3c([N+](=O)[O-])cccc3[nH]2)cc1. The van der Waals surface area contributed by atoms with E-state index in [0.717, 1.165) is 11.1 Å². The van der Waals surface area contributed by atoms with Crippen molar-refractivity contribution in [2.45, 2.75) is 13.3 Å². The van der Waals surface area contributed by atoms with Crippen molar-refractivity contribution in [3.8, 4) is 0 Å². The normalized spacial score (nSPS) is 11.1. The second-order valence-corrected chi connectivity index (χ2v) is 5.62. The van der Waals surface area contributed by atoms with Gasteiger partial charge in [0, 0.05) is 18.6 Å². The second-order valence-electron chi connectivity index (χ2n) is 5.62. The van der Waals surface area contributed by atoms with Gasteiger partial charge in [-0.3, -0.25) is 10.1 Å². The van der Waals surface area contributed by atoms with Crippen LogP contribution in [0.2, 0.25) is 0 Å². The number of hydrogen-bond acceptors (Lipinski definition) is 5. The van der Waals surface area contributed by atoms with Crippen LogP contribution in [0.1, 0.15) is 23.9 Å². The van der Waals surface area contributed by atoms with E-state index in [1.807, 2.05) is 24.3 Å². The summed E-state index contributed by atoms with van der Waals surface area (Å²) in [5.41, 5.74) is 2.87. The van der Waals surface area contributed by atoms with Gasteiger partial charge in [-0.05, 0) is 30.2 Å². The predicted octanol–water partition coefficient (Wildman–Crippen LogP) is 3.64. The number of para-hydroxylation sites is 1. The van der Waals surface area contributed by atoms with Gasteiger partial charge in [0.05, 0.1) is 17.0 Å². The highest BCUT2D eigenvalue weighted by atomic mass is 16.6. The van der Waals surface area contributed by atoms with Crippen molar-refractivity contribution in [1.82, 2.24) is 9.97 Å². The van der Waals surface area contributed by atoms with Gasteiger partial charge in [-0.15, -0.1) is 0 Å². The molecule has 0 saturated heterocycles. The molecule has 3 rings (SSSR count). The van der Waals surface area contributed by atoms with E-state index in [0.29, 0.717) is 29.9 Å². The molecule has 0 fully saturated rings. The van der Waals surface area contributed by atoms with Crippen molar-refractivity contribution < 1.29 is 14.5 Å². The van der Waals surface area contributed by atoms with Crippen molar-refractivity contribution in [3.63, 3.8) is 0 Å². The van der Waals surface area contributed by atoms with E-state index in [1.165, 1.54) is 12.1 Å². The van der Waals surface area contributed by atoms with Crippen LogP contribution in [0, 0.1) is 10.1 Å². The largest absolute Gasteiger partial charge is 0.463 e. The fourth-order valence-corrected chi connectivity index (χ4v) is 2.59. The maximum Gasteiger partial charge on any atom is 0.330 e. The highest BCUT2D eigenvalue weighted by Gasteiger charge is 2.15. The third-order valence-electron chi connectivity index (χ3n) is 3.79. The number of fused-ring (bicyclic) bond motifs is 1. The number of carbonyl (C=O) groups excluding carboxylic acids is 1. The Morgan fingerprint density at radius 3 is 2.73 bits per heavy atom. The first-order valence-corrected chi connectivity index (χ1v) is 8.12. The molecule has 1 N–H and O–H groups in total. The van der Waals surface area contributed by atoms with E-state index in [-0.39, 0.29) is 11.7 Å². The zero-order valence-electron chi connectivity index (χ0n) is 14.1. The van der Waals surface area contributed by atoms with E-state index < -0.39 is 4.92 Å². The van der Waals surface area contributed by atoms with Gasteiger partial charge in [0.15, 0.2) is 5.52 Å². The van der Waals surface area contributed by atoms with E-state index >= 15 is 0 Å². The van der Waals surface area contributed by atoms with Gasteiger partial charge < -0.3 is 9.72 Å². The summed E-state index contributed by atoms with van der Waals surface area (Å²) < 4.78 is 4.84. The van der Waals surface area contributed by atoms with Crippen LogP contribution < -0.4 is 0 Å². The Morgan fingerprint density at radius 1 is 1.27 bits per heavy atom. The van der Waals surface area contributed by atoms with Crippen molar-refractivity contribution >= 4 is 28.8 Å². The van der Waals surface area contributed by atoms with Crippen LogP contribution in [-0.4, -0.2) is 27.5 Å². The topological polar surface area (TPSA) is 98.1 Å². The average Bonchev–Trinajstić information content (AvgIpc) is 3.03. The molecule has 0 aliphatic carbocycles. The van der Waals surface area contributed by atoms with Gasteiger partial charge in [0.25, 0.3) is 5.69 Å². The van der Waals surface area contributed by atoms with E-state index in [9.17, 15) is 14.9 Å². The van der Waals surface area contributed by atoms with Gasteiger partial charge >= 0.3 is 5.97 Å².